The molecule has 0 atom stereocenters. The molecule has 3 heteroatoms. The van der Waals surface area contributed by atoms with Crippen LogP contribution >= 0.6 is 12.2 Å². The van der Waals surface area contributed by atoms with Crippen LogP contribution in [0.5, 0.6) is 0 Å². The third kappa shape index (κ3) is 4.18. The Morgan fingerprint density at radius 2 is 1.73 bits per heavy atom. The lowest BCUT2D eigenvalue weighted by molar-refractivity contribution is 0.485. The van der Waals surface area contributed by atoms with Crippen molar-refractivity contribution in [2.45, 2.75) is 13.8 Å². The van der Waals surface area contributed by atoms with Crippen molar-refractivity contribution in [3.63, 3.8) is 0 Å². The van der Waals surface area contributed by atoms with Gasteiger partial charge in [0, 0.05) is 24.3 Å². The number of anilines is 1. The van der Waals surface area contributed by atoms with E-state index in [9.17, 15) is 0 Å². The highest BCUT2D eigenvalue weighted by Crippen LogP contribution is 2.27. The number of nitrogens with one attached hydrogen (secondary N) is 1. The second kappa shape index (κ2) is 7.76. The number of likely N-dealkylation sites (N-methyl/N-ethyl adjacent to an activating group) is 1. The molecule has 0 unspecified atom stereocenters. The van der Waals surface area contributed by atoms with E-state index in [1.807, 2.05) is 37.3 Å². The highest BCUT2D eigenvalue weighted by Gasteiger charge is 2.10. The van der Waals surface area contributed by atoms with Gasteiger partial charge in [0.25, 0.3) is 0 Å². The number of rotatable bonds is 5. The first-order valence-corrected chi connectivity index (χ1v) is 7.87. The van der Waals surface area contributed by atoms with Crippen LogP contribution in [0.25, 0.3) is 11.1 Å². The molecule has 0 radical (unpaired) electrons. The molecule has 0 aliphatic rings. The monoisotopic (exact) mass is 310 g/mol. The molecule has 0 heterocycles. The quantitative estimate of drug-likeness (QED) is 0.621. The zero-order valence-electron chi connectivity index (χ0n) is 13.2. The van der Waals surface area contributed by atoms with Crippen LogP contribution in [0.1, 0.15) is 13.8 Å². The summed E-state index contributed by atoms with van der Waals surface area (Å²) in [6, 6.07) is 18.6. The van der Waals surface area contributed by atoms with Crippen molar-refractivity contribution in [2.75, 3.05) is 18.4 Å². The number of hydrogen-bond donors (Lipinski definition) is 1. The second-order valence-electron chi connectivity index (χ2n) is 5.31. The van der Waals surface area contributed by atoms with E-state index >= 15 is 0 Å². The smallest absolute Gasteiger partial charge is 0.173 e. The lowest BCUT2D eigenvalue weighted by Crippen LogP contribution is -2.35. The van der Waals surface area contributed by atoms with Gasteiger partial charge < -0.3 is 10.2 Å². The van der Waals surface area contributed by atoms with Crippen molar-refractivity contribution in [1.82, 2.24) is 4.90 Å². The van der Waals surface area contributed by atoms with Crippen molar-refractivity contribution in [2.24, 2.45) is 0 Å². The standard InChI is InChI=1S/C19H22N2S/c1-4-21(14-15(2)3)19(22)20-18-13-9-8-12-17(18)16-10-6-5-7-11-16/h5-13H,2,4,14H2,1,3H3,(H,20,22). The van der Waals surface area contributed by atoms with Gasteiger partial charge in [0.1, 0.15) is 0 Å². The summed E-state index contributed by atoms with van der Waals surface area (Å²) in [6.07, 6.45) is 0. The number of nitrogens with zero attached hydrogens (tertiary/aromatic N) is 1. The van der Waals surface area contributed by atoms with E-state index in [0.717, 1.165) is 35.0 Å². The van der Waals surface area contributed by atoms with Crippen molar-refractivity contribution in [3.05, 3.63) is 66.7 Å². The fourth-order valence-corrected chi connectivity index (χ4v) is 2.61. The van der Waals surface area contributed by atoms with Gasteiger partial charge in [-0.3, -0.25) is 0 Å². The number of hydrogen-bond acceptors (Lipinski definition) is 1. The SMILES string of the molecule is C=C(C)CN(CC)C(=S)Nc1ccccc1-c1ccccc1. The molecule has 2 nitrogen and oxygen atoms in total. The summed E-state index contributed by atoms with van der Waals surface area (Å²) in [7, 11) is 0. The number of para-hydroxylation sites is 1. The predicted octanol–water partition coefficient (Wildman–Crippen LogP) is 4.95. The van der Waals surface area contributed by atoms with Gasteiger partial charge in [-0.1, -0.05) is 60.7 Å². The summed E-state index contributed by atoms with van der Waals surface area (Å²) in [4.78, 5) is 2.11. The molecule has 0 aliphatic heterocycles. The van der Waals surface area contributed by atoms with E-state index in [2.05, 4.69) is 48.0 Å². The Labute approximate surface area is 138 Å². The zero-order chi connectivity index (χ0) is 15.9. The molecule has 0 aliphatic carbocycles. The Hall–Kier alpha value is -2.13. The Morgan fingerprint density at radius 1 is 1.09 bits per heavy atom. The van der Waals surface area contributed by atoms with Gasteiger partial charge in [0.2, 0.25) is 0 Å². The molecule has 2 aromatic rings. The first-order chi connectivity index (χ1) is 10.6. The molecule has 2 aromatic carbocycles. The molecule has 114 valence electrons. The Bertz CT molecular complexity index is 649. The summed E-state index contributed by atoms with van der Waals surface area (Å²) < 4.78 is 0. The van der Waals surface area contributed by atoms with Gasteiger partial charge in [0.15, 0.2) is 5.11 Å². The fraction of sp³-hybridized carbons (Fsp3) is 0.211. The van der Waals surface area contributed by atoms with Crippen molar-refractivity contribution < 1.29 is 0 Å². The molecule has 0 spiro atoms. The summed E-state index contributed by atoms with van der Waals surface area (Å²) in [5.74, 6) is 0. The van der Waals surface area contributed by atoms with E-state index in [-0.39, 0.29) is 0 Å². The Morgan fingerprint density at radius 3 is 2.36 bits per heavy atom. The van der Waals surface area contributed by atoms with E-state index in [1.54, 1.807) is 0 Å². The summed E-state index contributed by atoms with van der Waals surface area (Å²) in [5.41, 5.74) is 4.45. The first kappa shape index (κ1) is 16.2. The van der Waals surface area contributed by atoms with Crippen LogP contribution in [0.15, 0.2) is 66.7 Å². The van der Waals surface area contributed by atoms with Crippen LogP contribution in [0, 0.1) is 0 Å². The van der Waals surface area contributed by atoms with Crippen LogP contribution in [0.3, 0.4) is 0 Å². The van der Waals surface area contributed by atoms with Gasteiger partial charge in [-0.2, -0.15) is 0 Å². The summed E-state index contributed by atoms with van der Waals surface area (Å²) >= 11 is 5.56. The molecule has 1 N–H and O–H groups in total. The molecule has 0 fully saturated rings. The minimum Gasteiger partial charge on any atom is -0.345 e. The van der Waals surface area contributed by atoms with E-state index in [1.165, 1.54) is 5.56 Å². The lowest BCUT2D eigenvalue weighted by atomic mass is 10.0. The highest BCUT2D eigenvalue weighted by molar-refractivity contribution is 7.80. The minimum absolute atomic E-state index is 0.730. The van der Waals surface area contributed by atoms with Crippen LogP contribution in [-0.4, -0.2) is 23.1 Å². The minimum atomic E-state index is 0.730. The van der Waals surface area contributed by atoms with Gasteiger partial charge in [0.05, 0.1) is 0 Å². The molecule has 0 saturated heterocycles. The largest absolute Gasteiger partial charge is 0.345 e. The summed E-state index contributed by atoms with van der Waals surface area (Å²) in [5, 5.41) is 4.11. The van der Waals surface area contributed by atoms with E-state index in [0.29, 0.717) is 0 Å². The van der Waals surface area contributed by atoms with Crippen LogP contribution < -0.4 is 5.32 Å². The summed E-state index contributed by atoms with van der Waals surface area (Å²) in [6.45, 7) is 9.71. The maximum atomic E-state index is 5.56. The maximum absolute atomic E-state index is 5.56. The van der Waals surface area contributed by atoms with Crippen molar-refractivity contribution in [3.8, 4) is 11.1 Å². The average Bonchev–Trinajstić information content (AvgIpc) is 2.53. The molecular formula is C19H22N2S. The Balaban J connectivity index is 2.23. The third-order valence-electron chi connectivity index (χ3n) is 3.38. The van der Waals surface area contributed by atoms with E-state index < -0.39 is 0 Å². The predicted molar refractivity (Wildman–Crippen MR) is 100 cm³/mol. The normalized spacial score (nSPS) is 10.1. The van der Waals surface area contributed by atoms with Crippen LogP contribution in [-0.2, 0) is 0 Å². The zero-order valence-corrected chi connectivity index (χ0v) is 14.0. The molecule has 0 saturated carbocycles. The van der Waals surface area contributed by atoms with Gasteiger partial charge in [-0.15, -0.1) is 0 Å². The first-order valence-electron chi connectivity index (χ1n) is 7.46. The van der Waals surface area contributed by atoms with Gasteiger partial charge in [-0.25, -0.2) is 0 Å². The molecule has 0 amide bonds. The molecular weight excluding hydrogens is 288 g/mol. The van der Waals surface area contributed by atoms with E-state index in [4.69, 9.17) is 12.2 Å². The lowest BCUT2D eigenvalue weighted by Gasteiger charge is -2.25. The highest BCUT2D eigenvalue weighted by atomic mass is 32.1. The number of thiocarbonyl (C=S) groups is 1. The second-order valence-corrected chi connectivity index (χ2v) is 5.70. The fourth-order valence-electron chi connectivity index (χ4n) is 2.31. The molecule has 0 aromatic heterocycles. The van der Waals surface area contributed by atoms with Crippen LogP contribution in [0.4, 0.5) is 5.69 Å². The molecule has 22 heavy (non-hydrogen) atoms. The molecule has 0 bridgehead atoms. The van der Waals surface area contributed by atoms with Gasteiger partial charge in [-0.05, 0) is 37.7 Å². The Kier molecular flexibility index (Phi) is 5.73. The number of benzene rings is 2. The van der Waals surface area contributed by atoms with Crippen molar-refractivity contribution >= 4 is 23.0 Å². The maximum Gasteiger partial charge on any atom is 0.173 e. The van der Waals surface area contributed by atoms with Crippen LogP contribution in [0.2, 0.25) is 0 Å². The molecule has 2 rings (SSSR count). The third-order valence-corrected chi connectivity index (χ3v) is 3.74. The van der Waals surface area contributed by atoms with Crippen molar-refractivity contribution in [1.29, 1.82) is 0 Å². The van der Waals surface area contributed by atoms with Gasteiger partial charge >= 0.3 is 0 Å². The average molecular weight is 310 g/mol. The topological polar surface area (TPSA) is 15.3 Å².